The number of benzene rings is 2. The summed E-state index contributed by atoms with van der Waals surface area (Å²) in [6, 6.07) is 17.4. The Morgan fingerprint density at radius 3 is 2.72 bits per heavy atom. The number of aromatic nitrogens is 1. The molecule has 5 heteroatoms. The number of nitrogens with zero attached hydrogens (tertiary/aromatic N) is 1. The maximum Gasteiger partial charge on any atom is 0.250 e. The van der Waals surface area contributed by atoms with Gasteiger partial charge >= 0.3 is 0 Å². The third kappa shape index (κ3) is 4.55. The molecule has 0 saturated heterocycles. The van der Waals surface area contributed by atoms with Gasteiger partial charge in [-0.2, -0.15) is 0 Å². The lowest BCUT2D eigenvalue weighted by molar-refractivity contribution is -0.111. The van der Waals surface area contributed by atoms with E-state index in [0.717, 1.165) is 22.6 Å². The molecule has 4 nitrogen and oxygen atoms in total. The van der Waals surface area contributed by atoms with Crippen LogP contribution in [0.4, 0.5) is 5.13 Å². The van der Waals surface area contributed by atoms with Gasteiger partial charge in [-0.3, -0.25) is 10.1 Å². The van der Waals surface area contributed by atoms with Crippen molar-refractivity contribution in [3.63, 3.8) is 0 Å². The van der Waals surface area contributed by atoms with Crippen LogP contribution in [0.15, 0.2) is 66.1 Å². The van der Waals surface area contributed by atoms with Gasteiger partial charge in [0.05, 0.1) is 12.3 Å². The maximum atomic E-state index is 12.0. The molecule has 0 aliphatic rings. The minimum Gasteiger partial charge on any atom is -0.493 e. The van der Waals surface area contributed by atoms with Gasteiger partial charge in [0.25, 0.3) is 0 Å². The van der Waals surface area contributed by atoms with E-state index in [-0.39, 0.29) is 5.91 Å². The van der Waals surface area contributed by atoms with Crippen LogP contribution in [0, 0.1) is 0 Å². The molecule has 3 aromatic rings. The van der Waals surface area contributed by atoms with E-state index in [0.29, 0.717) is 11.7 Å². The fourth-order valence-corrected chi connectivity index (χ4v) is 3.01. The van der Waals surface area contributed by atoms with E-state index in [1.165, 1.54) is 17.4 Å². The predicted molar refractivity (Wildman–Crippen MR) is 103 cm³/mol. The summed E-state index contributed by atoms with van der Waals surface area (Å²) in [6.45, 7) is 2.54. The van der Waals surface area contributed by atoms with Crippen LogP contribution < -0.4 is 10.1 Å². The fourth-order valence-electron chi connectivity index (χ4n) is 2.30. The minimum absolute atomic E-state index is 0.206. The molecule has 0 spiro atoms. The molecule has 0 bridgehead atoms. The molecule has 0 aliphatic heterocycles. The molecule has 1 aromatic heterocycles. The third-order valence-electron chi connectivity index (χ3n) is 3.42. The van der Waals surface area contributed by atoms with Crippen LogP contribution in [0.3, 0.4) is 0 Å². The van der Waals surface area contributed by atoms with Crippen LogP contribution in [-0.2, 0) is 4.79 Å². The predicted octanol–water partition coefficient (Wildman–Crippen LogP) is 4.86. The Labute approximate surface area is 150 Å². The van der Waals surface area contributed by atoms with Gasteiger partial charge in [0, 0.05) is 17.0 Å². The van der Waals surface area contributed by atoms with Gasteiger partial charge in [0.1, 0.15) is 5.75 Å². The quantitative estimate of drug-likeness (QED) is 0.646. The zero-order chi connectivity index (χ0) is 17.5. The van der Waals surface area contributed by atoms with Crippen molar-refractivity contribution in [2.75, 3.05) is 11.9 Å². The average molecular weight is 350 g/mol. The number of anilines is 1. The molecule has 0 fully saturated rings. The van der Waals surface area contributed by atoms with Gasteiger partial charge < -0.3 is 4.74 Å². The summed E-state index contributed by atoms with van der Waals surface area (Å²) in [5, 5.41) is 5.26. The Hall–Kier alpha value is -2.92. The minimum atomic E-state index is -0.206. The van der Waals surface area contributed by atoms with Crippen molar-refractivity contribution in [2.24, 2.45) is 0 Å². The summed E-state index contributed by atoms with van der Waals surface area (Å²) in [7, 11) is 0. The molecule has 0 unspecified atom stereocenters. The van der Waals surface area contributed by atoms with Crippen molar-refractivity contribution >= 4 is 28.5 Å². The van der Waals surface area contributed by atoms with Crippen LogP contribution in [-0.4, -0.2) is 17.5 Å². The summed E-state index contributed by atoms with van der Waals surface area (Å²) in [5.41, 5.74) is 2.68. The first-order chi connectivity index (χ1) is 12.3. The summed E-state index contributed by atoms with van der Waals surface area (Å²) >= 11 is 1.39. The standard InChI is InChI=1S/C20H18N2O2S/c1-2-24-18-11-7-6-10-16(18)17-14-25-20(21-17)22-19(23)13-12-15-8-4-3-5-9-15/h3-14H,2H2,1H3,(H,21,22,23)/b13-12+. The molecule has 1 heterocycles. The number of amides is 1. The van der Waals surface area contributed by atoms with Crippen LogP contribution in [0.2, 0.25) is 0 Å². The van der Waals surface area contributed by atoms with E-state index in [4.69, 9.17) is 4.74 Å². The van der Waals surface area contributed by atoms with Crippen molar-refractivity contribution in [2.45, 2.75) is 6.92 Å². The van der Waals surface area contributed by atoms with Gasteiger partial charge in [-0.15, -0.1) is 11.3 Å². The van der Waals surface area contributed by atoms with Gasteiger partial charge in [-0.25, -0.2) is 4.98 Å². The number of nitrogens with one attached hydrogen (secondary N) is 1. The average Bonchev–Trinajstić information content (AvgIpc) is 3.10. The van der Waals surface area contributed by atoms with Gasteiger partial charge in [-0.1, -0.05) is 42.5 Å². The number of rotatable bonds is 6. The topological polar surface area (TPSA) is 51.2 Å². The van der Waals surface area contributed by atoms with Gasteiger partial charge in [0.2, 0.25) is 5.91 Å². The Bertz CT molecular complexity index is 872. The van der Waals surface area contributed by atoms with Crippen molar-refractivity contribution in [1.29, 1.82) is 0 Å². The van der Waals surface area contributed by atoms with Crippen molar-refractivity contribution in [3.05, 3.63) is 71.6 Å². The number of para-hydroxylation sites is 1. The van der Waals surface area contributed by atoms with Crippen molar-refractivity contribution < 1.29 is 9.53 Å². The molecule has 25 heavy (non-hydrogen) atoms. The first-order valence-electron chi connectivity index (χ1n) is 7.98. The Morgan fingerprint density at radius 1 is 1.16 bits per heavy atom. The highest BCUT2D eigenvalue weighted by atomic mass is 32.1. The van der Waals surface area contributed by atoms with E-state index < -0.39 is 0 Å². The van der Waals surface area contributed by atoms with Crippen LogP contribution in [0.5, 0.6) is 5.75 Å². The lowest BCUT2D eigenvalue weighted by Crippen LogP contribution is -2.07. The largest absolute Gasteiger partial charge is 0.493 e. The van der Waals surface area contributed by atoms with E-state index >= 15 is 0 Å². The van der Waals surface area contributed by atoms with E-state index in [9.17, 15) is 4.79 Å². The Morgan fingerprint density at radius 2 is 1.92 bits per heavy atom. The van der Waals surface area contributed by atoms with E-state index in [2.05, 4.69) is 10.3 Å². The van der Waals surface area contributed by atoms with E-state index in [1.807, 2.05) is 66.9 Å². The number of carbonyl (C=O) groups is 1. The number of hydrogen-bond acceptors (Lipinski definition) is 4. The molecule has 0 aliphatic carbocycles. The number of ether oxygens (including phenoxy) is 1. The van der Waals surface area contributed by atoms with Gasteiger partial charge in [-0.05, 0) is 30.7 Å². The zero-order valence-corrected chi connectivity index (χ0v) is 14.6. The monoisotopic (exact) mass is 350 g/mol. The summed E-state index contributed by atoms with van der Waals surface area (Å²) in [4.78, 5) is 16.5. The van der Waals surface area contributed by atoms with Gasteiger partial charge in [0.15, 0.2) is 5.13 Å². The first-order valence-corrected chi connectivity index (χ1v) is 8.86. The first kappa shape index (κ1) is 16.9. The molecule has 0 saturated carbocycles. The molecule has 1 N–H and O–H groups in total. The molecule has 3 rings (SSSR count). The highest BCUT2D eigenvalue weighted by molar-refractivity contribution is 7.14. The second-order valence-electron chi connectivity index (χ2n) is 5.20. The smallest absolute Gasteiger partial charge is 0.250 e. The van der Waals surface area contributed by atoms with Crippen molar-refractivity contribution in [1.82, 2.24) is 4.98 Å². The fraction of sp³-hybridized carbons (Fsp3) is 0.100. The second-order valence-corrected chi connectivity index (χ2v) is 6.06. The highest BCUT2D eigenvalue weighted by Crippen LogP contribution is 2.32. The zero-order valence-electron chi connectivity index (χ0n) is 13.8. The molecule has 0 atom stereocenters. The molecule has 1 amide bonds. The number of carbonyl (C=O) groups excluding carboxylic acids is 1. The SMILES string of the molecule is CCOc1ccccc1-c1csc(NC(=O)/C=C/c2ccccc2)n1. The Balaban J connectivity index is 1.70. The number of hydrogen-bond donors (Lipinski definition) is 1. The van der Waals surface area contributed by atoms with Crippen LogP contribution >= 0.6 is 11.3 Å². The Kier molecular flexibility index (Phi) is 5.59. The summed E-state index contributed by atoms with van der Waals surface area (Å²) in [6.07, 6.45) is 3.28. The molecule has 0 radical (unpaired) electrons. The molecule has 126 valence electrons. The van der Waals surface area contributed by atoms with E-state index in [1.54, 1.807) is 6.08 Å². The normalized spacial score (nSPS) is 10.8. The molecular formula is C20H18N2O2S. The highest BCUT2D eigenvalue weighted by Gasteiger charge is 2.10. The third-order valence-corrected chi connectivity index (χ3v) is 4.18. The van der Waals surface area contributed by atoms with Crippen LogP contribution in [0.25, 0.3) is 17.3 Å². The lowest BCUT2D eigenvalue weighted by atomic mass is 10.1. The molecule has 2 aromatic carbocycles. The maximum absolute atomic E-state index is 12.0. The number of thiazole rings is 1. The lowest BCUT2D eigenvalue weighted by Gasteiger charge is -2.07. The summed E-state index contributed by atoms with van der Waals surface area (Å²) < 4.78 is 5.64. The second kappa shape index (κ2) is 8.26. The van der Waals surface area contributed by atoms with Crippen molar-refractivity contribution in [3.8, 4) is 17.0 Å². The molecular weight excluding hydrogens is 332 g/mol. The summed E-state index contributed by atoms with van der Waals surface area (Å²) in [5.74, 6) is 0.583. The van der Waals surface area contributed by atoms with Crippen LogP contribution in [0.1, 0.15) is 12.5 Å².